The SMILES string of the molecule is CCCC(C/C=C/C1CC=CCC1)N(C1=CCCC2C1c1ccccc1C21c2ccccc2C2C=CCCC21)c1ccc2c(c1)C(C)(C)c1ccccc1-2. The Balaban J connectivity index is 1.13. The second-order valence-electron chi connectivity index (χ2n) is 17.9. The second kappa shape index (κ2) is 13.4. The maximum atomic E-state index is 2.90. The van der Waals surface area contributed by atoms with Gasteiger partial charge >= 0.3 is 0 Å². The van der Waals surface area contributed by atoms with E-state index in [4.69, 9.17) is 0 Å². The molecular weight excluding hydrogens is 651 g/mol. The average Bonchev–Trinajstić information content (AvgIpc) is 3.78. The van der Waals surface area contributed by atoms with Crippen LogP contribution in [0.3, 0.4) is 0 Å². The molecule has 0 saturated heterocycles. The zero-order valence-electron chi connectivity index (χ0n) is 32.7. The zero-order chi connectivity index (χ0) is 36.4. The van der Waals surface area contributed by atoms with E-state index >= 15 is 0 Å². The lowest BCUT2D eigenvalue weighted by Crippen LogP contribution is -2.44. The molecule has 0 heterocycles. The van der Waals surface area contributed by atoms with E-state index in [1.165, 1.54) is 79.3 Å². The lowest BCUT2D eigenvalue weighted by molar-refractivity contribution is 0.196. The number of anilines is 1. The van der Waals surface area contributed by atoms with Gasteiger partial charge in [-0.15, -0.1) is 0 Å². The maximum absolute atomic E-state index is 2.90. The van der Waals surface area contributed by atoms with Crippen LogP contribution in [0.25, 0.3) is 11.1 Å². The van der Waals surface area contributed by atoms with Gasteiger partial charge in [-0.1, -0.05) is 149 Å². The molecule has 0 amide bonds. The number of nitrogens with zero attached hydrogens (tertiary/aromatic N) is 1. The van der Waals surface area contributed by atoms with Gasteiger partial charge in [-0.05, 0) is 132 Å². The van der Waals surface area contributed by atoms with Crippen molar-refractivity contribution in [3.8, 4) is 11.1 Å². The Morgan fingerprint density at radius 1 is 0.722 bits per heavy atom. The Hall–Kier alpha value is -4.36. The van der Waals surface area contributed by atoms with Gasteiger partial charge in [0.05, 0.1) is 0 Å². The summed E-state index contributed by atoms with van der Waals surface area (Å²) < 4.78 is 0. The van der Waals surface area contributed by atoms with Gasteiger partial charge in [0.25, 0.3) is 0 Å². The molecule has 274 valence electrons. The highest BCUT2D eigenvalue weighted by Crippen LogP contribution is 2.70. The number of fused-ring (bicyclic) bond motifs is 13. The summed E-state index contributed by atoms with van der Waals surface area (Å²) in [4.78, 5) is 2.90. The molecule has 10 rings (SSSR count). The molecule has 7 atom stereocenters. The zero-order valence-corrected chi connectivity index (χ0v) is 32.7. The Kier molecular flexibility index (Phi) is 8.50. The van der Waals surface area contributed by atoms with Crippen LogP contribution in [-0.2, 0) is 10.8 Å². The van der Waals surface area contributed by atoms with Crippen molar-refractivity contribution in [1.29, 1.82) is 0 Å². The van der Waals surface area contributed by atoms with Gasteiger partial charge in [-0.3, -0.25) is 0 Å². The fraction of sp³-hybridized carbons (Fsp3) is 0.396. The normalized spacial score (nSPS) is 28.6. The summed E-state index contributed by atoms with van der Waals surface area (Å²) in [7, 11) is 0. The highest BCUT2D eigenvalue weighted by molar-refractivity contribution is 5.83. The lowest BCUT2D eigenvalue weighted by atomic mass is 9.58. The van der Waals surface area contributed by atoms with Crippen molar-refractivity contribution in [3.05, 3.63) is 173 Å². The molecule has 0 fully saturated rings. The fourth-order valence-electron chi connectivity index (χ4n) is 12.7. The first-order valence-corrected chi connectivity index (χ1v) is 21.4. The molecule has 1 nitrogen and oxygen atoms in total. The van der Waals surface area contributed by atoms with Crippen molar-refractivity contribution < 1.29 is 0 Å². The van der Waals surface area contributed by atoms with Crippen molar-refractivity contribution in [2.24, 2.45) is 17.8 Å². The molecule has 1 spiro atoms. The second-order valence-corrected chi connectivity index (χ2v) is 17.9. The van der Waals surface area contributed by atoms with E-state index in [2.05, 4.69) is 159 Å². The number of hydrogen-bond donors (Lipinski definition) is 0. The van der Waals surface area contributed by atoms with Crippen LogP contribution in [-0.4, -0.2) is 6.04 Å². The Bertz CT molecular complexity index is 2190. The number of rotatable bonds is 8. The summed E-state index contributed by atoms with van der Waals surface area (Å²) in [5, 5.41) is 0. The van der Waals surface area contributed by atoms with Crippen molar-refractivity contribution in [3.63, 3.8) is 0 Å². The minimum atomic E-state index is -0.0349. The van der Waals surface area contributed by atoms with Crippen molar-refractivity contribution >= 4 is 5.69 Å². The Morgan fingerprint density at radius 3 is 2.26 bits per heavy atom. The third kappa shape index (κ3) is 5.02. The van der Waals surface area contributed by atoms with E-state index in [0.29, 0.717) is 35.6 Å². The highest BCUT2D eigenvalue weighted by atomic mass is 15.2. The maximum Gasteiger partial charge on any atom is 0.0414 e. The summed E-state index contributed by atoms with van der Waals surface area (Å²) in [6.07, 6.45) is 29.6. The van der Waals surface area contributed by atoms with E-state index in [1.54, 1.807) is 28.0 Å². The molecule has 6 aliphatic rings. The van der Waals surface area contributed by atoms with Gasteiger partial charge in [0, 0.05) is 40.1 Å². The van der Waals surface area contributed by atoms with E-state index in [-0.39, 0.29) is 10.8 Å². The van der Waals surface area contributed by atoms with Crippen LogP contribution in [0, 0.1) is 17.8 Å². The standard InChI is InChI=1S/C53H57N/c1-4-18-37(22-16-21-36-19-6-5-7-20-36)54(38-33-34-42-39-23-8-12-27-44(39)52(2,3)49(42)35-38)50-32-17-31-48-51(50)43-26-11-15-30-47(43)53(48)45-28-13-9-24-40(45)41-25-10-14-29-46(41)53/h5-6,8-13,15-16,21,23-28,30,32-37,41,46,48,51H,4,7,14,17-20,22,29,31H2,1-3H3/b21-16+. The van der Waals surface area contributed by atoms with Gasteiger partial charge in [0.1, 0.15) is 0 Å². The Labute approximate surface area is 324 Å². The smallest absolute Gasteiger partial charge is 0.0414 e. The Morgan fingerprint density at radius 2 is 1.44 bits per heavy atom. The van der Waals surface area contributed by atoms with E-state index < -0.39 is 0 Å². The number of allylic oxidation sites excluding steroid dienone is 7. The van der Waals surface area contributed by atoms with Crippen LogP contribution >= 0.6 is 0 Å². The predicted octanol–water partition coefficient (Wildman–Crippen LogP) is 13.7. The molecule has 0 aliphatic heterocycles. The molecule has 54 heavy (non-hydrogen) atoms. The molecule has 4 aromatic rings. The van der Waals surface area contributed by atoms with Gasteiger partial charge < -0.3 is 4.90 Å². The van der Waals surface area contributed by atoms with Gasteiger partial charge in [-0.2, -0.15) is 0 Å². The van der Waals surface area contributed by atoms with Crippen LogP contribution in [0.2, 0.25) is 0 Å². The molecule has 0 aromatic heterocycles. The van der Waals surface area contributed by atoms with Crippen LogP contribution in [0.5, 0.6) is 0 Å². The summed E-state index contributed by atoms with van der Waals surface area (Å²) in [5.74, 6) is 2.72. The van der Waals surface area contributed by atoms with Crippen molar-refractivity contribution in [1.82, 2.24) is 0 Å². The summed E-state index contributed by atoms with van der Waals surface area (Å²) in [5.41, 5.74) is 15.2. The molecule has 0 N–H and O–H groups in total. The van der Waals surface area contributed by atoms with Gasteiger partial charge in [0.2, 0.25) is 0 Å². The molecule has 6 aliphatic carbocycles. The number of benzene rings is 4. The molecule has 0 saturated carbocycles. The first kappa shape index (κ1) is 34.2. The van der Waals surface area contributed by atoms with Gasteiger partial charge in [0.15, 0.2) is 0 Å². The van der Waals surface area contributed by atoms with E-state index in [1.807, 2.05) is 0 Å². The quantitative estimate of drug-likeness (QED) is 0.165. The largest absolute Gasteiger partial charge is 0.341 e. The summed E-state index contributed by atoms with van der Waals surface area (Å²) in [6.45, 7) is 7.28. The molecule has 1 heteroatoms. The van der Waals surface area contributed by atoms with Crippen molar-refractivity contribution in [2.45, 2.75) is 114 Å². The predicted molar refractivity (Wildman–Crippen MR) is 227 cm³/mol. The highest BCUT2D eigenvalue weighted by Gasteiger charge is 2.63. The molecule has 0 bridgehead atoms. The molecular formula is C53H57N. The monoisotopic (exact) mass is 707 g/mol. The van der Waals surface area contributed by atoms with Gasteiger partial charge in [-0.25, -0.2) is 0 Å². The molecule has 7 unspecified atom stereocenters. The third-order valence-electron chi connectivity index (χ3n) is 14.9. The van der Waals surface area contributed by atoms with Crippen LogP contribution in [0.15, 0.2) is 139 Å². The summed E-state index contributed by atoms with van der Waals surface area (Å²) >= 11 is 0. The topological polar surface area (TPSA) is 3.24 Å². The number of hydrogen-bond acceptors (Lipinski definition) is 1. The van der Waals surface area contributed by atoms with Crippen molar-refractivity contribution in [2.75, 3.05) is 4.90 Å². The average molecular weight is 708 g/mol. The van der Waals surface area contributed by atoms with Crippen LogP contribution in [0.1, 0.15) is 130 Å². The first-order chi connectivity index (χ1) is 26.5. The molecule has 4 aromatic carbocycles. The molecule has 0 radical (unpaired) electrons. The van der Waals surface area contributed by atoms with Crippen LogP contribution < -0.4 is 4.90 Å². The lowest BCUT2D eigenvalue weighted by Gasteiger charge is -2.47. The first-order valence-electron chi connectivity index (χ1n) is 21.4. The van der Waals surface area contributed by atoms with Crippen LogP contribution in [0.4, 0.5) is 5.69 Å². The third-order valence-corrected chi connectivity index (χ3v) is 14.9. The van der Waals surface area contributed by atoms with E-state index in [9.17, 15) is 0 Å². The minimum Gasteiger partial charge on any atom is -0.341 e. The van der Waals surface area contributed by atoms with E-state index in [0.717, 1.165) is 12.8 Å². The summed E-state index contributed by atoms with van der Waals surface area (Å²) in [6, 6.07) is 36.5. The minimum absolute atomic E-state index is 0.0349. The fourth-order valence-corrected chi connectivity index (χ4v) is 12.7.